The Balaban J connectivity index is 1.48. The Hall–Kier alpha value is -2.81. The van der Waals surface area contributed by atoms with Crippen LogP contribution in [0.15, 0.2) is 72.3 Å². The Morgan fingerprint density at radius 3 is 2.70 bits per heavy atom. The number of fused-ring (bicyclic) bond motifs is 3. The molecule has 0 aliphatic heterocycles. The van der Waals surface area contributed by atoms with E-state index < -0.39 is 0 Å². The van der Waals surface area contributed by atoms with Gasteiger partial charge in [-0.05, 0) is 48.2 Å². The first-order valence-corrected chi connectivity index (χ1v) is 7.91. The third-order valence-electron chi connectivity index (χ3n) is 4.47. The summed E-state index contributed by atoms with van der Waals surface area (Å²) in [5, 5.41) is 5.75. The van der Waals surface area contributed by atoms with Crippen molar-refractivity contribution in [1.29, 1.82) is 0 Å². The summed E-state index contributed by atoms with van der Waals surface area (Å²) in [6.45, 7) is 0. The molecule has 1 unspecified atom stereocenters. The van der Waals surface area contributed by atoms with Crippen molar-refractivity contribution in [2.45, 2.75) is 18.8 Å². The Labute approximate surface area is 135 Å². The van der Waals surface area contributed by atoms with Gasteiger partial charge in [0.15, 0.2) is 0 Å². The first kappa shape index (κ1) is 13.8. The van der Waals surface area contributed by atoms with Crippen LogP contribution in [0.25, 0.3) is 0 Å². The number of nitrogens with one attached hydrogen (secondary N) is 2. The Kier molecular flexibility index (Phi) is 3.46. The number of hydrogen-bond donors (Lipinski definition) is 2. The smallest absolute Gasteiger partial charge is 0.308 e. The first-order chi connectivity index (χ1) is 11.3. The molecule has 114 valence electrons. The molecule has 2 aromatic carbocycles. The van der Waals surface area contributed by atoms with E-state index in [1.165, 1.54) is 16.7 Å². The molecule has 2 N–H and O–H groups in total. The molecule has 0 spiro atoms. The topological polar surface area (TPSA) is 41.1 Å². The molecule has 0 heterocycles. The number of allylic oxidation sites excluding steroid dienone is 4. The van der Waals surface area contributed by atoms with E-state index in [9.17, 15) is 4.79 Å². The molecule has 1 atom stereocenters. The molecule has 0 bridgehead atoms. The van der Waals surface area contributed by atoms with E-state index in [4.69, 9.17) is 0 Å². The zero-order valence-corrected chi connectivity index (χ0v) is 12.8. The van der Waals surface area contributed by atoms with Gasteiger partial charge < -0.3 is 10.6 Å². The summed E-state index contributed by atoms with van der Waals surface area (Å²) >= 11 is 0. The van der Waals surface area contributed by atoms with Crippen molar-refractivity contribution in [2.75, 3.05) is 10.6 Å². The molecule has 0 aromatic heterocycles. The molecule has 0 fully saturated rings. The SMILES string of the molecule is O=C(Nc1ccccc1)Nc1ccc2c(c1)CC1=CC=CCC12. The van der Waals surface area contributed by atoms with Gasteiger partial charge in [-0.3, -0.25) is 0 Å². The van der Waals surface area contributed by atoms with Gasteiger partial charge in [-0.25, -0.2) is 4.79 Å². The number of anilines is 2. The van der Waals surface area contributed by atoms with Crippen LogP contribution < -0.4 is 10.6 Å². The zero-order chi connectivity index (χ0) is 15.6. The number of urea groups is 1. The minimum atomic E-state index is -0.215. The lowest BCUT2D eigenvalue weighted by atomic mass is 9.91. The maximum atomic E-state index is 12.1. The second-order valence-corrected chi connectivity index (χ2v) is 5.99. The van der Waals surface area contributed by atoms with Crippen LogP contribution in [-0.2, 0) is 6.42 Å². The van der Waals surface area contributed by atoms with Gasteiger partial charge in [0.2, 0.25) is 0 Å². The minimum Gasteiger partial charge on any atom is -0.308 e. The summed E-state index contributed by atoms with van der Waals surface area (Å²) in [6.07, 6.45) is 8.66. The second-order valence-electron chi connectivity index (χ2n) is 5.99. The maximum absolute atomic E-state index is 12.1. The van der Waals surface area contributed by atoms with Crippen molar-refractivity contribution < 1.29 is 4.79 Å². The third kappa shape index (κ3) is 2.78. The van der Waals surface area contributed by atoms with E-state index in [1.807, 2.05) is 36.4 Å². The summed E-state index contributed by atoms with van der Waals surface area (Å²) in [5.41, 5.74) is 5.82. The van der Waals surface area contributed by atoms with E-state index in [-0.39, 0.29) is 6.03 Å². The number of para-hydroxylation sites is 1. The van der Waals surface area contributed by atoms with Gasteiger partial charge in [-0.2, -0.15) is 0 Å². The van der Waals surface area contributed by atoms with E-state index >= 15 is 0 Å². The first-order valence-electron chi connectivity index (χ1n) is 7.91. The average molecular weight is 302 g/mol. The molecular formula is C20H18N2O. The van der Waals surface area contributed by atoms with Gasteiger partial charge in [-0.15, -0.1) is 0 Å². The highest BCUT2D eigenvalue weighted by Crippen LogP contribution is 2.42. The fourth-order valence-electron chi connectivity index (χ4n) is 3.39. The summed E-state index contributed by atoms with van der Waals surface area (Å²) in [4.78, 5) is 12.1. The predicted molar refractivity (Wildman–Crippen MR) is 93.8 cm³/mol. The van der Waals surface area contributed by atoms with Gasteiger partial charge >= 0.3 is 6.03 Å². The fourth-order valence-corrected chi connectivity index (χ4v) is 3.39. The molecule has 4 rings (SSSR count). The van der Waals surface area contributed by atoms with Crippen LogP contribution in [0.1, 0.15) is 23.5 Å². The molecule has 2 aromatic rings. The molecule has 0 radical (unpaired) electrons. The summed E-state index contributed by atoms with van der Waals surface area (Å²) in [7, 11) is 0. The molecule has 23 heavy (non-hydrogen) atoms. The predicted octanol–water partition coefficient (Wildman–Crippen LogP) is 4.86. The van der Waals surface area contributed by atoms with E-state index in [2.05, 4.69) is 41.0 Å². The Morgan fingerprint density at radius 2 is 1.83 bits per heavy atom. The molecule has 3 nitrogen and oxygen atoms in total. The number of amides is 2. The quantitative estimate of drug-likeness (QED) is 0.817. The molecule has 2 aliphatic rings. The Bertz CT molecular complexity index is 806. The van der Waals surface area contributed by atoms with Gasteiger partial charge in [0.05, 0.1) is 0 Å². The monoisotopic (exact) mass is 302 g/mol. The van der Waals surface area contributed by atoms with Crippen molar-refractivity contribution in [2.24, 2.45) is 0 Å². The van der Waals surface area contributed by atoms with Gasteiger partial charge in [0, 0.05) is 17.3 Å². The molecule has 2 aliphatic carbocycles. The highest BCUT2D eigenvalue weighted by atomic mass is 16.2. The molecule has 3 heteroatoms. The van der Waals surface area contributed by atoms with Gasteiger partial charge in [-0.1, -0.05) is 48.1 Å². The van der Waals surface area contributed by atoms with Crippen molar-refractivity contribution in [3.05, 3.63) is 83.5 Å². The molecule has 0 saturated heterocycles. The maximum Gasteiger partial charge on any atom is 0.323 e. The van der Waals surface area contributed by atoms with Crippen LogP contribution in [0.3, 0.4) is 0 Å². The standard InChI is InChI=1S/C20H18N2O/c23-20(21-16-7-2-1-3-8-16)22-17-10-11-19-15(13-17)12-14-6-4-5-9-18(14)19/h1-8,10-11,13,18H,9,12H2,(H2,21,22,23). The molecule has 2 amide bonds. The fraction of sp³-hybridized carbons (Fsp3) is 0.150. The number of carbonyl (C=O) groups excluding carboxylic acids is 1. The molecule has 0 saturated carbocycles. The summed E-state index contributed by atoms with van der Waals surface area (Å²) in [5.74, 6) is 0.530. The van der Waals surface area contributed by atoms with Crippen molar-refractivity contribution in [1.82, 2.24) is 0 Å². The number of rotatable bonds is 2. The number of carbonyl (C=O) groups is 1. The van der Waals surface area contributed by atoms with E-state index in [0.29, 0.717) is 5.92 Å². The summed E-state index contributed by atoms with van der Waals surface area (Å²) in [6, 6.07) is 15.5. The van der Waals surface area contributed by atoms with E-state index in [1.54, 1.807) is 0 Å². The number of benzene rings is 2. The highest BCUT2D eigenvalue weighted by molar-refractivity contribution is 5.99. The second kappa shape index (κ2) is 5.76. The van der Waals surface area contributed by atoms with Crippen LogP contribution in [0.2, 0.25) is 0 Å². The van der Waals surface area contributed by atoms with Crippen LogP contribution in [0.5, 0.6) is 0 Å². The van der Waals surface area contributed by atoms with Crippen molar-refractivity contribution in [3.63, 3.8) is 0 Å². The lowest BCUT2D eigenvalue weighted by Gasteiger charge is -2.14. The average Bonchev–Trinajstić information content (AvgIpc) is 2.93. The third-order valence-corrected chi connectivity index (χ3v) is 4.47. The van der Waals surface area contributed by atoms with E-state index in [0.717, 1.165) is 24.2 Å². The van der Waals surface area contributed by atoms with Gasteiger partial charge in [0.25, 0.3) is 0 Å². The highest BCUT2D eigenvalue weighted by Gasteiger charge is 2.27. The largest absolute Gasteiger partial charge is 0.323 e. The summed E-state index contributed by atoms with van der Waals surface area (Å²) < 4.78 is 0. The van der Waals surface area contributed by atoms with Crippen molar-refractivity contribution >= 4 is 17.4 Å². The lowest BCUT2D eigenvalue weighted by Crippen LogP contribution is -2.19. The van der Waals surface area contributed by atoms with Crippen molar-refractivity contribution in [3.8, 4) is 0 Å². The zero-order valence-electron chi connectivity index (χ0n) is 12.8. The van der Waals surface area contributed by atoms with Crippen LogP contribution >= 0.6 is 0 Å². The number of hydrogen-bond acceptors (Lipinski definition) is 1. The Morgan fingerprint density at radius 1 is 1.00 bits per heavy atom. The molecular weight excluding hydrogens is 284 g/mol. The van der Waals surface area contributed by atoms with Gasteiger partial charge in [0.1, 0.15) is 0 Å². The lowest BCUT2D eigenvalue weighted by molar-refractivity contribution is 0.262. The minimum absolute atomic E-state index is 0.215. The van der Waals surface area contributed by atoms with Crippen LogP contribution in [0, 0.1) is 0 Å². The normalized spacial score (nSPS) is 17.9. The van der Waals surface area contributed by atoms with Crippen LogP contribution in [-0.4, -0.2) is 6.03 Å². The van der Waals surface area contributed by atoms with Crippen LogP contribution in [0.4, 0.5) is 16.2 Å².